The van der Waals surface area contributed by atoms with Crippen LogP contribution in [0, 0.1) is 17.5 Å². The zero-order valence-electron chi connectivity index (χ0n) is 17.9. The zero-order valence-corrected chi connectivity index (χ0v) is 18.7. The Bertz CT molecular complexity index is 1350. The predicted molar refractivity (Wildman–Crippen MR) is 121 cm³/mol. The van der Waals surface area contributed by atoms with Crippen molar-refractivity contribution in [2.75, 3.05) is 20.2 Å². The Morgan fingerprint density at radius 3 is 2.53 bits per heavy atom. The minimum absolute atomic E-state index is 0.00361. The molecule has 2 aromatic carbocycles. The van der Waals surface area contributed by atoms with Crippen LogP contribution in [-0.4, -0.2) is 39.5 Å². The Kier molecular flexibility index (Phi) is 6.99. The monoisotopic (exact) mass is 489 g/mol. The van der Waals surface area contributed by atoms with Gasteiger partial charge in [0.05, 0.1) is 23.6 Å². The van der Waals surface area contributed by atoms with E-state index in [-0.39, 0.29) is 34.7 Å². The summed E-state index contributed by atoms with van der Waals surface area (Å²) < 4.78 is 51.9. The van der Waals surface area contributed by atoms with Gasteiger partial charge in [-0.1, -0.05) is 17.7 Å². The molecular weight excluding hydrogens is 471 g/mol. The van der Waals surface area contributed by atoms with Crippen LogP contribution in [0.4, 0.5) is 13.2 Å². The summed E-state index contributed by atoms with van der Waals surface area (Å²) in [5, 5.41) is 6.53. The van der Waals surface area contributed by atoms with Crippen LogP contribution in [0.1, 0.15) is 6.42 Å². The van der Waals surface area contributed by atoms with Crippen LogP contribution < -0.4 is 15.6 Å². The van der Waals surface area contributed by atoms with Crippen LogP contribution >= 0.6 is 11.6 Å². The first kappa shape index (κ1) is 23.5. The van der Waals surface area contributed by atoms with Gasteiger partial charge in [0, 0.05) is 24.5 Å². The van der Waals surface area contributed by atoms with E-state index < -0.39 is 28.6 Å². The van der Waals surface area contributed by atoms with E-state index in [0.29, 0.717) is 13.0 Å². The molecule has 0 spiro atoms. The van der Waals surface area contributed by atoms with E-state index in [4.69, 9.17) is 16.3 Å². The van der Waals surface area contributed by atoms with Gasteiger partial charge in [0.1, 0.15) is 23.2 Å². The highest BCUT2D eigenvalue weighted by atomic mass is 35.5. The van der Waals surface area contributed by atoms with Gasteiger partial charge in [-0.15, -0.1) is 0 Å². The lowest BCUT2D eigenvalue weighted by Crippen LogP contribution is -2.27. The molecule has 0 aliphatic rings. The molecule has 0 radical (unpaired) electrons. The first-order valence-corrected chi connectivity index (χ1v) is 10.6. The van der Waals surface area contributed by atoms with Gasteiger partial charge in [0.15, 0.2) is 5.15 Å². The van der Waals surface area contributed by atoms with Gasteiger partial charge >= 0.3 is 5.56 Å². The smallest absolute Gasteiger partial charge is 0.300 e. The summed E-state index contributed by atoms with van der Waals surface area (Å²) >= 11 is 6.37. The highest BCUT2D eigenvalue weighted by molar-refractivity contribution is 6.32. The molecule has 176 valence electrons. The maximum atomic E-state index is 15.2. The fourth-order valence-corrected chi connectivity index (χ4v) is 3.66. The van der Waals surface area contributed by atoms with Crippen LogP contribution in [0.3, 0.4) is 0 Å². The molecule has 11 heteroatoms. The van der Waals surface area contributed by atoms with Crippen molar-refractivity contribution < 1.29 is 17.9 Å². The Balaban J connectivity index is 1.92. The quantitative estimate of drug-likeness (QED) is 0.376. The Hall–Kier alpha value is -3.63. The van der Waals surface area contributed by atoms with E-state index in [2.05, 4.69) is 15.4 Å². The standard InChI is InChI=1S/C23H19ClF3N5O2/c1-28-7-4-10-34-16-12-17(26)19(18(27)13-16)20-21(24)30-22(31-9-3-8-29-31)23(33)32(20)15-6-2-5-14(25)11-15/h2-3,5-6,8-9,11-13,28H,4,7,10H2,1H3. The minimum Gasteiger partial charge on any atom is -0.493 e. The number of nitrogens with zero attached hydrogens (tertiary/aromatic N) is 4. The molecule has 4 rings (SSSR count). The van der Waals surface area contributed by atoms with Crippen LogP contribution in [0.25, 0.3) is 22.8 Å². The number of aromatic nitrogens is 4. The lowest BCUT2D eigenvalue weighted by atomic mass is 10.1. The molecule has 0 saturated heterocycles. The molecule has 0 saturated carbocycles. The fourth-order valence-electron chi connectivity index (χ4n) is 3.41. The molecule has 4 aromatic rings. The van der Waals surface area contributed by atoms with Gasteiger partial charge in [-0.05, 0) is 44.3 Å². The van der Waals surface area contributed by atoms with E-state index in [1.54, 1.807) is 13.1 Å². The number of ether oxygens (including phenoxy) is 1. The first-order chi connectivity index (χ1) is 16.4. The minimum atomic E-state index is -1.02. The van der Waals surface area contributed by atoms with Gasteiger partial charge in [-0.3, -0.25) is 9.36 Å². The van der Waals surface area contributed by atoms with Crippen LogP contribution in [-0.2, 0) is 0 Å². The van der Waals surface area contributed by atoms with Crippen molar-refractivity contribution in [1.29, 1.82) is 0 Å². The van der Waals surface area contributed by atoms with Crippen molar-refractivity contribution in [1.82, 2.24) is 24.6 Å². The summed E-state index contributed by atoms with van der Waals surface area (Å²) in [6.45, 7) is 0.917. The van der Waals surface area contributed by atoms with Gasteiger partial charge in [0.2, 0.25) is 5.82 Å². The van der Waals surface area contributed by atoms with Crippen molar-refractivity contribution in [2.24, 2.45) is 0 Å². The Morgan fingerprint density at radius 1 is 1.12 bits per heavy atom. The fraction of sp³-hybridized carbons (Fsp3) is 0.174. The average Bonchev–Trinajstić information content (AvgIpc) is 3.33. The molecule has 0 fully saturated rings. The van der Waals surface area contributed by atoms with Crippen LogP contribution in [0.5, 0.6) is 5.75 Å². The van der Waals surface area contributed by atoms with Crippen molar-refractivity contribution in [3.05, 3.63) is 87.8 Å². The van der Waals surface area contributed by atoms with Gasteiger partial charge in [-0.25, -0.2) is 22.8 Å². The largest absolute Gasteiger partial charge is 0.493 e. The summed E-state index contributed by atoms with van der Waals surface area (Å²) in [5.41, 5.74) is -1.78. The highest BCUT2D eigenvalue weighted by Gasteiger charge is 2.25. The molecule has 7 nitrogen and oxygen atoms in total. The van der Waals surface area contributed by atoms with Crippen LogP contribution in [0.2, 0.25) is 5.15 Å². The molecule has 0 unspecified atom stereocenters. The van der Waals surface area contributed by atoms with Crippen molar-refractivity contribution >= 4 is 11.6 Å². The lowest BCUT2D eigenvalue weighted by molar-refractivity contribution is 0.306. The number of halogens is 4. The summed E-state index contributed by atoms with van der Waals surface area (Å²) in [6, 6.07) is 8.54. The second-order valence-electron chi connectivity index (χ2n) is 7.21. The van der Waals surface area contributed by atoms with E-state index in [1.165, 1.54) is 30.6 Å². The molecule has 0 bridgehead atoms. The third-order valence-corrected chi connectivity index (χ3v) is 5.16. The van der Waals surface area contributed by atoms with Gasteiger partial charge in [0.25, 0.3) is 0 Å². The molecule has 2 heterocycles. The summed E-state index contributed by atoms with van der Waals surface area (Å²) in [7, 11) is 1.78. The van der Waals surface area contributed by atoms with Crippen molar-refractivity contribution in [3.63, 3.8) is 0 Å². The van der Waals surface area contributed by atoms with Gasteiger partial charge in [-0.2, -0.15) is 5.10 Å². The highest BCUT2D eigenvalue weighted by Crippen LogP contribution is 2.34. The third-order valence-electron chi connectivity index (χ3n) is 4.90. The van der Waals surface area contributed by atoms with E-state index >= 15 is 8.78 Å². The molecule has 34 heavy (non-hydrogen) atoms. The average molecular weight is 490 g/mol. The molecule has 2 aromatic heterocycles. The summed E-state index contributed by atoms with van der Waals surface area (Å²) in [6.07, 6.45) is 3.51. The van der Waals surface area contributed by atoms with Crippen LogP contribution in [0.15, 0.2) is 59.7 Å². The number of benzene rings is 2. The maximum Gasteiger partial charge on any atom is 0.300 e. The second-order valence-corrected chi connectivity index (χ2v) is 7.57. The Morgan fingerprint density at radius 2 is 1.88 bits per heavy atom. The normalized spacial score (nSPS) is 11.1. The summed E-state index contributed by atoms with van der Waals surface area (Å²) in [4.78, 5) is 17.4. The molecular formula is C23H19ClF3N5O2. The predicted octanol–water partition coefficient (Wildman–Crippen LogP) is 4.14. The van der Waals surface area contributed by atoms with E-state index in [9.17, 15) is 9.18 Å². The number of nitrogens with one attached hydrogen (secondary N) is 1. The first-order valence-electron chi connectivity index (χ1n) is 10.3. The van der Waals surface area contributed by atoms with Gasteiger partial charge < -0.3 is 10.1 Å². The Labute approximate surface area is 197 Å². The topological polar surface area (TPSA) is 74.0 Å². The SMILES string of the molecule is CNCCCOc1cc(F)c(-c2c(Cl)nc(-n3cccn3)c(=O)n2-c2cccc(F)c2)c(F)c1. The number of hydrogen-bond donors (Lipinski definition) is 1. The maximum absolute atomic E-state index is 15.2. The molecule has 0 aliphatic heterocycles. The lowest BCUT2D eigenvalue weighted by Gasteiger charge is -2.18. The summed E-state index contributed by atoms with van der Waals surface area (Å²) in [5.74, 6) is -2.96. The molecule has 0 atom stereocenters. The third kappa shape index (κ3) is 4.68. The second kappa shape index (κ2) is 10.1. The van der Waals surface area contributed by atoms with Crippen molar-refractivity contribution in [2.45, 2.75) is 6.42 Å². The van der Waals surface area contributed by atoms with E-state index in [0.717, 1.165) is 27.4 Å². The molecule has 0 aliphatic carbocycles. The number of rotatable bonds is 8. The number of hydrogen-bond acceptors (Lipinski definition) is 5. The molecule has 1 N–H and O–H groups in total. The van der Waals surface area contributed by atoms with E-state index in [1.807, 2.05) is 0 Å². The zero-order chi connectivity index (χ0) is 24.2. The van der Waals surface area contributed by atoms with Crippen molar-refractivity contribution in [3.8, 4) is 28.5 Å². The molecule has 0 amide bonds.